The lowest BCUT2D eigenvalue weighted by Crippen LogP contribution is -2.41. The monoisotopic (exact) mass is 387 g/mol. The van der Waals surface area contributed by atoms with E-state index in [1.807, 2.05) is 0 Å². The Morgan fingerprint density at radius 1 is 1.44 bits per heavy atom. The molecule has 0 saturated carbocycles. The van der Waals surface area contributed by atoms with Gasteiger partial charge < -0.3 is 19.7 Å². The van der Waals surface area contributed by atoms with Crippen molar-refractivity contribution in [2.24, 2.45) is 10.9 Å². The van der Waals surface area contributed by atoms with Crippen molar-refractivity contribution < 1.29 is 9.47 Å². The van der Waals surface area contributed by atoms with Crippen LogP contribution in [-0.4, -0.2) is 57.4 Å². The second-order valence-electron chi connectivity index (χ2n) is 6.12. The molecule has 0 radical (unpaired) electrons. The average Bonchev–Trinajstić information content (AvgIpc) is 3.08. The topological polar surface area (TPSA) is 46.1 Å². The molecule has 0 aliphatic carbocycles. The quantitative estimate of drug-likeness (QED) is 0.419. The highest BCUT2D eigenvalue weighted by atomic mass is 35.5. The highest BCUT2D eigenvalue weighted by molar-refractivity contribution is 6.35. The van der Waals surface area contributed by atoms with E-state index in [0.717, 1.165) is 45.1 Å². The lowest BCUT2D eigenvalue weighted by atomic mass is 10.1. The summed E-state index contributed by atoms with van der Waals surface area (Å²) in [6.07, 6.45) is 1.94. The van der Waals surface area contributed by atoms with Gasteiger partial charge in [0.25, 0.3) is 0 Å². The van der Waals surface area contributed by atoms with E-state index in [0.29, 0.717) is 34.9 Å². The van der Waals surface area contributed by atoms with Gasteiger partial charge in [-0.1, -0.05) is 23.2 Å². The summed E-state index contributed by atoms with van der Waals surface area (Å²) in [5.41, 5.74) is 0. The Morgan fingerprint density at radius 3 is 2.96 bits per heavy atom. The van der Waals surface area contributed by atoms with Crippen LogP contribution in [0.15, 0.2) is 23.2 Å². The predicted molar refractivity (Wildman–Crippen MR) is 104 cm³/mol. The number of aliphatic imine (C=N–C) groups is 1. The minimum absolute atomic E-state index is 0.530. The summed E-state index contributed by atoms with van der Waals surface area (Å²) in [6, 6.07) is 5.24. The summed E-state index contributed by atoms with van der Waals surface area (Å²) in [6.45, 7) is 6.86. The minimum atomic E-state index is 0.530. The van der Waals surface area contributed by atoms with E-state index < -0.39 is 0 Å². The van der Waals surface area contributed by atoms with E-state index in [1.54, 1.807) is 18.2 Å². The van der Waals surface area contributed by atoms with Crippen molar-refractivity contribution in [2.45, 2.75) is 19.8 Å². The van der Waals surface area contributed by atoms with Crippen LogP contribution in [0.1, 0.15) is 19.8 Å². The van der Waals surface area contributed by atoms with Crippen molar-refractivity contribution in [3.63, 3.8) is 0 Å². The van der Waals surface area contributed by atoms with Crippen LogP contribution in [0.4, 0.5) is 0 Å². The molecule has 5 nitrogen and oxygen atoms in total. The molecule has 1 unspecified atom stereocenters. The Morgan fingerprint density at radius 2 is 2.28 bits per heavy atom. The SMILES string of the molecule is CCNC(=NCCCOc1ccc(Cl)cc1Cl)N(C)CC1CCOC1. The molecule has 0 spiro atoms. The van der Waals surface area contributed by atoms with Crippen LogP contribution in [-0.2, 0) is 4.74 Å². The fraction of sp³-hybridized carbons (Fsp3) is 0.611. The lowest BCUT2D eigenvalue weighted by Gasteiger charge is -2.24. The van der Waals surface area contributed by atoms with Gasteiger partial charge in [0, 0.05) is 50.7 Å². The minimum Gasteiger partial charge on any atom is -0.492 e. The molecule has 140 valence electrons. The molecular formula is C18H27Cl2N3O2. The van der Waals surface area contributed by atoms with E-state index >= 15 is 0 Å². The molecule has 25 heavy (non-hydrogen) atoms. The van der Waals surface area contributed by atoms with Gasteiger partial charge in [0.15, 0.2) is 5.96 Å². The molecule has 1 aliphatic heterocycles. The summed E-state index contributed by atoms with van der Waals surface area (Å²) in [4.78, 5) is 6.86. The van der Waals surface area contributed by atoms with Gasteiger partial charge in [-0.2, -0.15) is 0 Å². The summed E-state index contributed by atoms with van der Waals surface area (Å²) in [5.74, 6) is 2.17. The fourth-order valence-electron chi connectivity index (χ4n) is 2.69. The molecular weight excluding hydrogens is 361 g/mol. The second-order valence-corrected chi connectivity index (χ2v) is 6.97. The van der Waals surface area contributed by atoms with E-state index in [9.17, 15) is 0 Å². The molecule has 1 aromatic carbocycles. The number of ether oxygens (including phenoxy) is 2. The van der Waals surface area contributed by atoms with Crippen LogP contribution in [0, 0.1) is 5.92 Å². The van der Waals surface area contributed by atoms with Crippen molar-refractivity contribution in [3.8, 4) is 5.75 Å². The van der Waals surface area contributed by atoms with Crippen molar-refractivity contribution >= 4 is 29.2 Å². The van der Waals surface area contributed by atoms with Gasteiger partial charge in [-0.15, -0.1) is 0 Å². The van der Waals surface area contributed by atoms with Gasteiger partial charge in [-0.3, -0.25) is 4.99 Å². The standard InChI is InChI=1S/C18H27Cl2N3O2/c1-3-21-18(23(2)12-14-7-10-24-13-14)22-8-4-9-25-17-6-5-15(19)11-16(17)20/h5-6,11,14H,3-4,7-10,12-13H2,1-2H3,(H,21,22). The number of nitrogens with one attached hydrogen (secondary N) is 1. The maximum atomic E-state index is 6.09. The zero-order valence-electron chi connectivity index (χ0n) is 14.9. The molecule has 1 heterocycles. The summed E-state index contributed by atoms with van der Waals surface area (Å²) in [7, 11) is 2.07. The Labute approximate surface area is 160 Å². The number of hydrogen-bond donors (Lipinski definition) is 1. The average molecular weight is 388 g/mol. The third-order valence-electron chi connectivity index (χ3n) is 3.97. The molecule has 1 aliphatic rings. The Bertz CT molecular complexity index is 563. The second kappa shape index (κ2) is 10.7. The smallest absolute Gasteiger partial charge is 0.193 e. The molecule has 0 bridgehead atoms. The number of halogens is 2. The maximum Gasteiger partial charge on any atom is 0.193 e. The van der Waals surface area contributed by atoms with Gasteiger partial charge in [0.05, 0.1) is 18.2 Å². The summed E-state index contributed by atoms with van der Waals surface area (Å²) in [5, 5.41) is 4.47. The largest absolute Gasteiger partial charge is 0.492 e. The first-order chi connectivity index (χ1) is 12.1. The van der Waals surface area contributed by atoms with Crippen molar-refractivity contribution in [3.05, 3.63) is 28.2 Å². The van der Waals surface area contributed by atoms with Crippen LogP contribution in [0.25, 0.3) is 0 Å². The summed E-state index contributed by atoms with van der Waals surface area (Å²) >= 11 is 12.0. The fourth-order valence-corrected chi connectivity index (χ4v) is 3.16. The Balaban J connectivity index is 1.76. The van der Waals surface area contributed by atoms with E-state index in [2.05, 4.69) is 29.2 Å². The Hall–Kier alpha value is -1.17. The first-order valence-electron chi connectivity index (χ1n) is 8.75. The normalized spacial score (nSPS) is 17.6. The van der Waals surface area contributed by atoms with Crippen molar-refractivity contribution in [1.29, 1.82) is 0 Å². The Kier molecular flexibility index (Phi) is 8.65. The van der Waals surface area contributed by atoms with E-state index in [-0.39, 0.29) is 0 Å². The first-order valence-corrected chi connectivity index (χ1v) is 9.50. The molecule has 1 N–H and O–H groups in total. The van der Waals surface area contributed by atoms with E-state index in [4.69, 9.17) is 32.7 Å². The molecule has 2 rings (SSSR count). The number of hydrogen-bond acceptors (Lipinski definition) is 3. The zero-order valence-corrected chi connectivity index (χ0v) is 16.4. The van der Waals surface area contributed by atoms with Gasteiger partial charge in [0.2, 0.25) is 0 Å². The molecule has 7 heteroatoms. The van der Waals surface area contributed by atoms with Crippen LogP contribution >= 0.6 is 23.2 Å². The van der Waals surface area contributed by atoms with Crippen molar-refractivity contribution in [1.82, 2.24) is 10.2 Å². The highest BCUT2D eigenvalue weighted by Crippen LogP contribution is 2.27. The lowest BCUT2D eigenvalue weighted by molar-refractivity contribution is 0.181. The molecule has 0 aromatic heterocycles. The predicted octanol–water partition coefficient (Wildman–Crippen LogP) is 3.70. The summed E-state index contributed by atoms with van der Waals surface area (Å²) < 4.78 is 11.1. The van der Waals surface area contributed by atoms with Crippen molar-refractivity contribution in [2.75, 3.05) is 46.5 Å². The molecule has 0 amide bonds. The van der Waals surface area contributed by atoms with Crippen LogP contribution in [0.3, 0.4) is 0 Å². The third-order valence-corrected chi connectivity index (χ3v) is 4.50. The van der Waals surface area contributed by atoms with Gasteiger partial charge in [-0.05, 0) is 31.5 Å². The number of nitrogens with zero attached hydrogens (tertiary/aromatic N) is 2. The molecule has 1 atom stereocenters. The van der Waals surface area contributed by atoms with Gasteiger partial charge in [0.1, 0.15) is 5.75 Å². The van der Waals surface area contributed by atoms with Crippen LogP contribution < -0.4 is 10.1 Å². The molecule has 1 aromatic rings. The number of rotatable bonds is 8. The zero-order chi connectivity index (χ0) is 18.1. The van der Waals surface area contributed by atoms with Gasteiger partial charge >= 0.3 is 0 Å². The van der Waals surface area contributed by atoms with Crippen LogP contribution in [0.5, 0.6) is 5.75 Å². The highest BCUT2D eigenvalue weighted by Gasteiger charge is 2.18. The number of benzene rings is 1. The third kappa shape index (κ3) is 6.92. The molecule has 1 fully saturated rings. The van der Waals surface area contributed by atoms with Crippen LogP contribution in [0.2, 0.25) is 10.0 Å². The van der Waals surface area contributed by atoms with Gasteiger partial charge in [-0.25, -0.2) is 0 Å². The maximum absolute atomic E-state index is 6.09. The first kappa shape index (κ1) is 20.1. The van der Waals surface area contributed by atoms with E-state index in [1.165, 1.54) is 0 Å². The number of guanidine groups is 1. The molecule has 1 saturated heterocycles.